The van der Waals surface area contributed by atoms with E-state index in [0.29, 0.717) is 47.7 Å². The topological polar surface area (TPSA) is 156 Å². The van der Waals surface area contributed by atoms with Gasteiger partial charge in [0.2, 0.25) is 27.7 Å². The third kappa shape index (κ3) is 4.56. The number of fused-ring (bicyclic) bond motifs is 1. The smallest absolute Gasteiger partial charge is 0.243 e. The van der Waals surface area contributed by atoms with Crippen LogP contribution in [0.25, 0.3) is 17.3 Å². The van der Waals surface area contributed by atoms with Crippen molar-refractivity contribution in [3.63, 3.8) is 0 Å². The van der Waals surface area contributed by atoms with E-state index in [-0.39, 0.29) is 17.5 Å². The number of aromatic nitrogens is 5. The molecule has 2 N–H and O–H groups in total. The first kappa shape index (κ1) is 25.6. The molecule has 1 aliphatic rings. The Kier molecular flexibility index (Phi) is 6.75. The lowest BCUT2D eigenvalue weighted by Crippen LogP contribution is -2.32. The minimum atomic E-state index is -4.22. The maximum absolute atomic E-state index is 13.5. The molecule has 38 heavy (non-hydrogen) atoms. The minimum Gasteiger partial charge on any atom is -0.494 e. The fourth-order valence-electron chi connectivity index (χ4n) is 4.19. The molecule has 0 amide bonds. The van der Waals surface area contributed by atoms with Gasteiger partial charge in [0, 0.05) is 19.0 Å². The van der Waals surface area contributed by atoms with Crippen LogP contribution in [0.1, 0.15) is 30.9 Å². The van der Waals surface area contributed by atoms with Crippen molar-refractivity contribution < 1.29 is 32.2 Å². The fraction of sp³-hybridized carbons (Fsp3) is 0.375. The Bertz CT molecular complexity index is 1510. The molecule has 1 aliphatic heterocycles. The van der Waals surface area contributed by atoms with Crippen molar-refractivity contribution in [2.45, 2.75) is 38.2 Å². The van der Waals surface area contributed by atoms with Crippen LogP contribution in [0.2, 0.25) is 0 Å². The summed E-state index contributed by atoms with van der Waals surface area (Å²) >= 11 is 0. The number of ether oxygens (including phenoxy) is 3. The van der Waals surface area contributed by atoms with Gasteiger partial charge in [0.15, 0.2) is 5.76 Å². The summed E-state index contributed by atoms with van der Waals surface area (Å²) < 4.78 is 54.9. The molecule has 202 valence electrons. The summed E-state index contributed by atoms with van der Waals surface area (Å²) in [5.41, 5.74) is 0.552. The standard InChI is InChI=1S/C24H28N6O7S/c1-14-9-10-19(37-14)23-25-26-24(30(23)21-17(34-3)7-5-8-18(21)35-4)28-38(32,33)15(2)22(31)16-13-20-29(27-16)11-6-12-36-20/h5,7-10,13,15,22,31H,6,11-12H2,1-4H3,(H,26,28). The Morgan fingerprint density at radius 3 is 2.50 bits per heavy atom. The van der Waals surface area contributed by atoms with Gasteiger partial charge in [-0.3, -0.25) is 9.29 Å². The van der Waals surface area contributed by atoms with Crippen LogP contribution in [0, 0.1) is 6.92 Å². The van der Waals surface area contributed by atoms with Gasteiger partial charge in [-0.15, -0.1) is 10.2 Å². The van der Waals surface area contributed by atoms with E-state index in [2.05, 4.69) is 20.0 Å². The molecule has 0 spiro atoms. The quantitative estimate of drug-likeness (QED) is 0.321. The predicted octanol–water partition coefficient (Wildman–Crippen LogP) is 2.70. The van der Waals surface area contributed by atoms with Gasteiger partial charge in [-0.1, -0.05) is 6.07 Å². The average molecular weight is 545 g/mol. The van der Waals surface area contributed by atoms with Gasteiger partial charge in [-0.05, 0) is 38.1 Å². The van der Waals surface area contributed by atoms with Crippen LogP contribution in [0.4, 0.5) is 5.95 Å². The molecule has 4 aromatic rings. The zero-order valence-electron chi connectivity index (χ0n) is 21.3. The molecular weight excluding hydrogens is 516 g/mol. The summed E-state index contributed by atoms with van der Waals surface area (Å²) in [6.07, 6.45) is -0.655. The number of anilines is 1. The molecule has 0 fully saturated rings. The largest absolute Gasteiger partial charge is 0.494 e. The molecule has 5 rings (SSSR count). The number of hydrogen-bond donors (Lipinski definition) is 2. The SMILES string of the molecule is COc1cccc(OC)c1-n1c(NS(=O)(=O)C(C)C(O)c2cc3n(n2)CCCO3)nnc1-c1ccc(C)o1. The van der Waals surface area contributed by atoms with Crippen molar-refractivity contribution in [3.8, 4) is 34.7 Å². The molecule has 2 atom stereocenters. The fourth-order valence-corrected chi connectivity index (χ4v) is 5.24. The van der Waals surface area contributed by atoms with E-state index in [4.69, 9.17) is 18.6 Å². The first-order chi connectivity index (χ1) is 18.2. The van der Waals surface area contributed by atoms with Gasteiger partial charge < -0.3 is 23.7 Å². The zero-order chi connectivity index (χ0) is 27.0. The number of rotatable bonds is 9. The highest BCUT2D eigenvalue weighted by Gasteiger charge is 2.34. The first-order valence-corrected chi connectivity index (χ1v) is 13.4. The Morgan fingerprint density at radius 2 is 1.87 bits per heavy atom. The second-order valence-electron chi connectivity index (χ2n) is 8.73. The van der Waals surface area contributed by atoms with Crippen molar-refractivity contribution in [3.05, 3.63) is 47.9 Å². The number of para-hydroxylation sites is 1. The van der Waals surface area contributed by atoms with Crippen molar-refractivity contribution >= 4 is 16.0 Å². The molecule has 3 aromatic heterocycles. The van der Waals surface area contributed by atoms with Crippen LogP contribution in [-0.4, -0.2) is 64.1 Å². The number of methoxy groups -OCH3 is 2. The van der Waals surface area contributed by atoms with Crippen LogP contribution in [0.3, 0.4) is 0 Å². The number of hydrogen-bond acceptors (Lipinski definition) is 10. The van der Waals surface area contributed by atoms with Crippen molar-refractivity contribution in [1.29, 1.82) is 0 Å². The normalized spacial score (nSPS) is 14.9. The first-order valence-electron chi connectivity index (χ1n) is 11.9. The summed E-state index contributed by atoms with van der Waals surface area (Å²) in [7, 11) is -1.26. The number of aliphatic hydroxyl groups excluding tert-OH is 1. The predicted molar refractivity (Wildman–Crippen MR) is 136 cm³/mol. The maximum Gasteiger partial charge on any atom is 0.243 e. The lowest BCUT2D eigenvalue weighted by Gasteiger charge is -2.20. The van der Waals surface area contributed by atoms with Crippen LogP contribution in [0.5, 0.6) is 17.4 Å². The van der Waals surface area contributed by atoms with E-state index in [1.165, 1.54) is 25.7 Å². The molecule has 14 heteroatoms. The third-order valence-electron chi connectivity index (χ3n) is 6.25. The molecule has 0 bridgehead atoms. The zero-order valence-corrected chi connectivity index (χ0v) is 22.1. The van der Waals surface area contributed by atoms with Crippen molar-refractivity contribution in [1.82, 2.24) is 24.5 Å². The molecule has 13 nitrogen and oxygen atoms in total. The molecule has 1 aromatic carbocycles. The third-order valence-corrected chi connectivity index (χ3v) is 7.95. The summed E-state index contributed by atoms with van der Waals surface area (Å²) in [6.45, 7) is 4.32. The highest BCUT2D eigenvalue weighted by molar-refractivity contribution is 7.93. The van der Waals surface area contributed by atoms with Gasteiger partial charge in [0.1, 0.15) is 34.3 Å². The molecular formula is C24H28N6O7S. The Labute approximate surface area is 219 Å². The summed E-state index contributed by atoms with van der Waals surface area (Å²) in [5.74, 6) is 2.30. The van der Waals surface area contributed by atoms with Gasteiger partial charge in [-0.25, -0.2) is 13.1 Å². The second-order valence-corrected chi connectivity index (χ2v) is 10.8. The maximum atomic E-state index is 13.5. The number of nitrogens with zero attached hydrogens (tertiary/aromatic N) is 5. The second kappa shape index (κ2) is 10.0. The molecule has 0 saturated heterocycles. The van der Waals surface area contributed by atoms with Gasteiger partial charge in [-0.2, -0.15) is 5.10 Å². The van der Waals surface area contributed by atoms with Gasteiger partial charge in [0.25, 0.3) is 0 Å². The molecule has 2 unspecified atom stereocenters. The van der Waals surface area contributed by atoms with Crippen LogP contribution in [-0.2, 0) is 16.6 Å². The Balaban J connectivity index is 1.55. The summed E-state index contributed by atoms with van der Waals surface area (Å²) in [4.78, 5) is 0. The number of aryl methyl sites for hydroxylation is 2. The van der Waals surface area contributed by atoms with Crippen molar-refractivity contribution in [2.24, 2.45) is 0 Å². The Hall–Kier alpha value is -4.04. The van der Waals surface area contributed by atoms with Crippen LogP contribution < -0.4 is 18.9 Å². The van der Waals surface area contributed by atoms with E-state index < -0.39 is 21.4 Å². The molecule has 4 heterocycles. The average Bonchev–Trinajstić information content (AvgIpc) is 3.65. The molecule has 0 aliphatic carbocycles. The van der Waals surface area contributed by atoms with Crippen molar-refractivity contribution in [2.75, 3.05) is 25.5 Å². The lowest BCUT2D eigenvalue weighted by atomic mass is 10.2. The summed E-state index contributed by atoms with van der Waals surface area (Å²) in [6, 6.07) is 10.1. The van der Waals surface area contributed by atoms with Gasteiger partial charge in [0.05, 0.1) is 26.5 Å². The Morgan fingerprint density at radius 1 is 1.13 bits per heavy atom. The number of nitrogens with one attached hydrogen (secondary N) is 1. The lowest BCUT2D eigenvalue weighted by molar-refractivity contribution is 0.170. The minimum absolute atomic E-state index is 0.150. The van der Waals surface area contributed by atoms with Gasteiger partial charge >= 0.3 is 0 Å². The number of benzene rings is 1. The molecule has 0 saturated carbocycles. The highest BCUT2D eigenvalue weighted by Crippen LogP contribution is 2.38. The van der Waals surface area contributed by atoms with Crippen LogP contribution >= 0.6 is 0 Å². The van der Waals surface area contributed by atoms with E-state index in [9.17, 15) is 13.5 Å². The van der Waals surface area contributed by atoms with Crippen LogP contribution in [0.15, 0.2) is 40.8 Å². The highest BCUT2D eigenvalue weighted by atomic mass is 32.2. The monoisotopic (exact) mass is 544 g/mol. The number of furan rings is 1. The van der Waals surface area contributed by atoms with E-state index in [1.807, 2.05) is 0 Å². The van der Waals surface area contributed by atoms with E-state index >= 15 is 0 Å². The van der Waals surface area contributed by atoms with E-state index in [1.54, 1.807) is 48.0 Å². The number of aliphatic hydroxyl groups is 1. The molecule has 0 radical (unpaired) electrons. The summed E-state index contributed by atoms with van der Waals surface area (Å²) in [5, 5.41) is 22.3. The number of sulfonamides is 1. The van der Waals surface area contributed by atoms with E-state index in [0.717, 1.165) is 6.42 Å².